The fourth-order valence-electron chi connectivity index (χ4n) is 2.30. The van der Waals surface area contributed by atoms with Gasteiger partial charge in [-0.3, -0.25) is 0 Å². The highest BCUT2D eigenvalue weighted by molar-refractivity contribution is 7.99. The molecule has 0 aliphatic heterocycles. The van der Waals surface area contributed by atoms with E-state index >= 15 is 0 Å². The van der Waals surface area contributed by atoms with Crippen molar-refractivity contribution in [3.05, 3.63) is 34.9 Å². The van der Waals surface area contributed by atoms with Crippen LogP contribution in [0.15, 0.2) is 24.3 Å². The van der Waals surface area contributed by atoms with Crippen LogP contribution in [0.2, 0.25) is 5.02 Å². The van der Waals surface area contributed by atoms with Crippen molar-refractivity contribution in [2.75, 3.05) is 18.1 Å². The molecule has 1 rings (SSSR count). The summed E-state index contributed by atoms with van der Waals surface area (Å²) in [6, 6.07) is 8.32. The fraction of sp³-hybridized carbons (Fsp3) is 0.667. The molecule has 1 unspecified atom stereocenters. The maximum atomic E-state index is 5.97. The number of hydrogen-bond donors (Lipinski definition) is 1. The lowest BCUT2D eigenvalue weighted by Gasteiger charge is -2.25. The quantitative estimate of drug-likeness (QED) is 0.608. The molecular formula is C18H30ClNS. The molecule has 0 bridgehead atoms. The molecule has 0 aromatic heterocycles. The highest BCUT2D eigenvalue weighted by atomic mass is 35.5. The number of nitrogens with one attached hydrogen (secondary N) is 1. The predicted molar refractivity (Wildman–Crippen MR) is 98.6 cm³/mol. The zero-order valence-electron chi connectivity index (χ0n) is 13.9. The lowest BCUT2D eigenvalue weighted by Crippen LogP contribution is -2.39. The Kier molecular flexibility index (Phi) is 8.77. The van der Waals surface area contributed by atoms with E-state index in [-0.39, 0.29) is 5.54 Å². The molecule has 1 N–H and O–H groups in total. The molecule has 21 heavy (non-hydrogen) atoms. The maximum absolute atomic E-state index is 5.97. The summed E-state index contributed by atoms with van der Waals surface area (Å²) in [6.45, 7) is 10.0. The largest absolute Gasteiger partial charge is 0.312 e. The van der Waals surface area contributed by atoms with Crippen molar-refractivity contribution in [2.45, 2.75) is 52.5 Å². The first-order chi connectivity index (χ1) is 9.90. The first kappa shape index (κ1) is 18.9. The molecule has 0 aliphatic carbocycles. The van der Waals surface area contributed by atoms with Crippen LogP contribution in [0, 0.1) is 5.92 Å². The lowest BCUT2D eigenvalue weighted by atomic mass is 9.94. The molecular weight excluding hydrogens is 298 g/mol. The highest BCUT2D eigenvalue weighted by Gasteiger charge is 2.14. The van der Waals surface area contributed by atoms with Gasteiger partial charge >= 0.3 is 0 Å². The molecule has 0 radical (unpaired) electrons. The van der Waals surface area contributed by atoms with E-state index in [9.17, 15) is 0 Å². The zero-order valence-corrected chi connectivity index (χ0v) is 15.5. The molecule has 0 saturated heterocycles. The lowest BCUT2D eigenvalue weighted by molar-refractivity contribution is 0.355. The molecule has 3 heteroatoms. The van der Waals surface area contributed by atoms with Crippen molar-refractivity contribution in [3.63, 3.8) is 0 Å². The van der Waals surface area contributed by atoms with Crippen molar-refractivity contribution in [1.82, 2.24) is 5.32 Å². The summed E-state index contributed by atoms with van der Waals surface area (Å²) >= 11 is 8.02. The normalized spacial score (nSPS) is 13.4. The third kappa shape index (κ3) is 9.44. The monoisotopic (exact) mass is 327 g/mol. The van der Waals surface area contributed by atoms with Crippen LogP contribution in [0.4, 0.5) is 0 Å². The summed E-state index contributed by atoms with van der Waals surface area (Å²) < 4.78 is 0. The van der Waals surface area contributed by atoms with Gasteiger partial charge in [0.05, 0.1) is 0 Å². The summed E-state index contributed by atoms with van der Waals surface area (Å²) in [5.41, 5.74) is 1.58. The van der Waals surface area contributed by atoms with Crippen molar-refractivity contribution in [1.29, 1.82) is 0 Å². The Bertz CT molecular complexity index is 383. The van der Waals surface area contributed by atoms with Crippen LogP contribution >= 0.6 is 23.4 Å². The maximum Gasteiger partial charge on any atom is 0.0406 e. The van der Waals surface area contributed by atoms with Gasteiger partial charge in [0.15, 0.2) is 0 Å². The van der Waals surface area contributed by atoms with Crippen molar-refractivity contribution < 1.29 is 0 Å². The van der Waals surface area contributed by atoms with E-state index < -0.39 is 0 Å². The number of hydrogen-bond acceptors (Lipinski definition) is 2. The molecule has 1 nitrogen and oxygen atoms in total. The average molecular weight is 328 g/mol. The second kappa shape index (κ2) is 9.76. The Hall–Kier alpha value is -0.180. The Labute approximate surface area is 140 Å². The number of halogens is 1. The Morgan fingerprint density at radius 1 is 1.19 bits per heavy atom. The standard InChI is InChI=1S/C18H30ClNS/c1-5-21-12-6-7-16(14-20-18(2,3)4)13-15-8-10-17(19)11-9-15/h8-11,16,20H,5-7,12-14H2,1-4H3. The van der Waals surface area contributed by atoms with Gasteiger partial charge in [-0.25, -0.2) is 0 Å². The second-order valence-electron chi connectivity index (χ2n) is 6.67. The van der Waals surface area contributed by atoms with E-state index in [0.29, 0.717) is 5.92 Å². The van der Waals surface area contributed by atoms with E-state index in [1.807, 2.05) is 23.9 Å². The van der Waals surface area contributed by atoms with Crippen molar-refractivity contribution >= 4 is 23.4 Å². The van der Waals surface area contributed by atoms with Gasteiger partial charge in [0.2, 0.25) is 0 Å². The van der Waals surface area contributed by atoms with Crippen LogP contribution in [0.3, 0.4) is 0 Å². The van der Waals surface area contributed by atoms with E-state index in [2.05, 4.69) is 45.1 Å². The van der Waals surface area contributed by atoms with Crippen LogP contribution in [0.5, 0.6) is 0 Å². The van der Waals surface area contributed by atoms with Gasteiger partial charge in [-0.2, -0.15) is 11.8 Å². The summed E-state index contributed by atoms with van der Waals surface area (Å²) in [5, 5.41) is 4.48. The van der Waals surface area contributed by atoms with Crippen molar-refractivity contribution in [2.24, 2.45) is 5.92 Å². The minimum Gasteiger partial charge on any atom is -0.312 e. The van der Waals surface area contributed by atoms with Crippen LogP contribution < -0.4 is 5.32 Å². The topological polar surface area (TPSA) is 12.0 Å². The molecule has 0 fully saturated rings. The molecule has 1 aromatic carbocycles. The SMILES string of the molecule is CCSCCCC(CNC(C)(C)C)Cc1ccc(Cl)cc1. The van der Waals surface area contributed by atoms with Crippen LogP contribution in [0.1, 0.15) is 46.1 Å². The van der Waals surface area contributed by atoms with Crippen molar-refractivity contribution in [3.8, 4) is 0 Å². The number of thioether (sulfide) groups is 1. The minimum atomic E-state index is 0.191. The summed E-state index contributed by atoms with van der Waals surface area (Å²) in [5.74, 6) is 3.20. The van der Waals surface area contributed by atoms with Gasteiger partial charge in [0.1, 0.15) is 0 Å². The van der Waals surface area contributed by atoms with Gasteiger partial charge in [0, 0.05) is 10.6 Å². The van der Waals surface area contributed by atoms with Gasteiger partial charge in [-0.15, -0.1) is 0 Å². The zero-order chi connectivity index (χ0) is 15.7. The smallest absolute Gasteiger partial charge is 0.0406 e. The van der Waals surface area contributed by atoms with E-state index in [4.69, 9.17) is 11.6 Å². The summed E-state index contributed by atoms with van der Waals surface area (Å²) in [6.07, 6.45) is 3.73. The number of rotatable bonds is 9. The average Bonchev–Trinajstić information content (AvgIpc) is 2.42. The molecule has 0 amide bonds. The Morgan fingerprint density at radius 3 is 2.43 bits per heavy atom. The molecule has 1 aromatic rings. The van der Waals surface area contributed by atoms with Gasteiger partial charge in [-0.1, -0.05) is 30.7 Å². The fourth-order valence-corrected chi connectivity index (χ4v) is 3.08. The third-order valence-electron chi connectivity index (χ3n) is 3.46. The Balaban J connectivity index is 2.51. The van der Waals surface area contributed by atoms with E-state index in [1.165, 1.54) is 29.9 Å². The molecule has 0 spiro atoms. The van der Waals surface area contributed by atoms with Crippen LogP contribution in [-0.4, -0.2) is 23.6 Å². The summed E-state index contributed by atoms with van der Waals surface area (Å²) in [4.78, 5) is 0. The second-order valence-corrected chi connectivity index (χ2v) is 8.50. The van der Waals surface area contributed by atoms with Crippen LogP contribution in [0.25, 0.3) is 0 Å². The van der Waals surface area contributed by atoms with Gasteiger partial charge in [0.25, 0.3) is 0 Å². The van der Waals surface area contributed by atoms with E-state index in [1.54, 1.807) is 0 Å². The molecule has 0 saturated carbocycles. The van der Waals surface area contributed by atoms with Gasteiger partial charge in [-0.05, 0) is 81.7 Å². The molecule has 0 aliphatic rings. The molecule has 0 heterocycles. The van der Waals surface area contributed by atoms with E-state index in [0.717, 1.165) is 18.0 Å². The highest BCUT2D eigenvalue weighted by Crippen LogP contribution is 2.18. The molecule has 1 atom stereocenters. The van der Waals surface area contributed by atoms with Crippen LogP contribution in [-0.2, 0) is 6.42 Å². The minimum absolute atomic E-state index is 0.191. The van der Waals surface area contributed by atoms with Gasteiger partial charge < -0.3 is 5.32 Å². The Morgan fingerprint density at radius 2 is 1.86 bits per heavy atom. The molecule has 120 valence electrons. The predicted octanol–water partition coefficient (Wildman–Crippen LogP) is 5.42. The summed E-state index contributed by atoms with van der Waals surface area (Å²) in [7, 11) is 0. The third-order valence-corrected chi connectivity index (χ3v) is 4.70. The number of benzene rings is 1. The first-order valence-electron chi connectivity index (χ1n) is 7.98. The first-order valence-corrected chi connectivity index (χ1v) is 9.51.